The molecule has 0 unspecified atom stereocenters. The Hall–Kier alpha value is -2.08. The van der Waals surface area contributed by atoms with E-state index in [1.165, 1.54) is 13.8 Å². The van der Waals surface area contributed by atoms with Gasteiger partial charge < -0.3 is 0 Å². The van der Waals surface area contributed by atoms with E-state index in [1.807, 2.05) is 0 Å². The molecule has 0 heterocycles. The van der Waals surface area contributed by atoms with Crippen LogP contribution in [0.15, 0.2) is 23.1 Å². The fourth-order valence-corrected chi connectivity index (χ4v) is 5.16. The van der Waals surface area contributed by atoms with Crippen molar-refractivity contribution in [2.45, 2.75) is 19.9 Å². The molecular formula is C3H7N14OPPt. The van der Waals surface area contributed by atoms with E-state index in [4.69, 9.17) is 22.1 Å². The van der Waals surface area contributed by atoms with Crippen molar-refractivity contribution in [3.63, 3.8) is 0 Å². The van der Waals surface area contributed by atoms with E-state index in [1.54, 1.807) is 0 Å². The first-order chi connectivity index (χ1) is 9.45. The number of azide groups is 1. The van der Waals surface area contributed by atoms with Gasteiger partial charge in [-0.05, 0) is 0 Å². The van der Waals surface area contributed by atoms with Gasteiger partial charge in [-0.25, -0.2) is 0 Å². The molecule has 110 valence electrons. The molecule has 20 heavy (non-hydrogen) atoms. The van der Waals surface area contributed by atoms with Crippen LogP contribution in [-0.4, -0.2) is 10.8 Å². The van der Waals surface area contributed by atoms with E-state index >= 15 is 0 Å². The Kier molecular flexibility index (Phi) is 6.71. The maximum atomic E-state index is 10.8. The first-order valence-electron chi connectivity index (χ1n) is 4.48. The van der Waals surface area contributed by atoms with Crippen LogP contribution in [0.2, 0.25) is 0 Å². The summed E-state index contributed by atoms with van der Waals surface area (Å²) >= 11 is -2.02. The summed E-state index contributed by atoms with van der Waals surface area (Å²) in [4.78, 5) is 22.3. The van der Waals surface area contributed by atoms with Crippen LogP contribution in [0.25, 0.3) is 41.8 Å². The molecule has 0 saturated heterocycles. The summed E-state index contributed by atoms with van der Waals surface area (Å²) in [5, 5.41) is 0. The average molecular weight is 481 g/mol. The summed E-state index contributed by atoms with van der Waals surface area (Å²) in [5.41, 5.74) is 34.6. The monoisotopic (exact) mass is 481 g/mol. The predicted octanol–water partition coefficient (Wildman–Crippen LogP) is 4.59. The number of hydrogen-bond acceptors (Lipinski definition) is 7. The minimum atomic E-state index is -5.22. The Morgan fingerprint density at radius 3 is 1.50 bits per heavy atom. The summed E-state index contributed by atoms with van der Waals surface area (Å²) in [6.45, 7) is 2.98. The molecule has 0 rings (SSSR count). The second kappa shape index (κ2) is 7.49. The molecule has 15 nitrogen and oxygen atoms in total. The average Bonchev–Trinajstić information content (AvgIpc) is 2.37. The molecule has 0 aromatic heterocycles. The Morgan fingerprint density at radius 1 is 0.950 bits per heavy atom. The molecule has 0 aliphatic carbocycles. The Labute approximate surface area is 119 Å². The normalized spacial score (nSPS) is 12.1. The zero-order valence-electron chi connectivity index (χ0n) is 10.0. The van der Waals surface area contributed by atoms with E-state index in [0.717, 1.165) is 0 Å². The first kappa shape index (κ1) is 17.9. The van der Waals surface area contributed by atoms with Crippen LogP contribution in [0.4, 0.5) is 0 Å². The SMILES string of the molecule is CC(C)N([N]=[Pt]=[O])P(N=[N+]=[N-])(N=[N+]=[N-])(N=[N+]=[N-])N=[N+]=[N-]. The standard InChI is InChI=1S/C3H7N14P.O.Pt/c1-3(2)17(8)18(13-9-4,14-10-5,15-11-6)16-12-7;;/h3H,1-2H3;;. The van der Waals surface area contributed by atoms with E-state index < -0.39 is 31.7 Å². The molecule has 0 aliphatic heterocycles. The summed E-state index contributed by atoms with van der Waals surface area (Å²) in [7, 11) is -5.22. The van der Waals surface area contributed by atoms with Gasteiger partial charge in [0.1, 0.15) is 0 Å². The van der Waals surface area contributed by atoms with Gasteiger partial charge in [-0.3, -0.25) is 0 Å². The zero-order valence-corrected chi connectivity index (χ0v) is 13.2. The van der Waals surface area contributed by atoms with Crippen LogP contribution in [-0.2, 0) is 21.7 Å². The number of nitrogens with zero attached hydrogens (tertiary/aromatic N) is 14. The molecule has 0 aromatic carbocycles. The van der Waals surface area contributed by atoms with Crippen LogP contribution in [0, 0.1) is 0 Å². The summed E-state index contributed by atoms with van der Waals surface area (Å²) < 4.78 is 15.1. The maximum absolute atomic E-state index is 10.8. The van der Waals surface area contributed by atoms with Crippen LogP contribution in [0.3, 0.4) is 0 Å². The molecule has 0 spiro atoms. The molecule has 0 radical (unpaired) electrons. The molecule has 0 N–H and O–H groups in total. The van der Waals surface area contributed by atoms with E-state index in [-0.39, 0.29) is 0 Å². The molecule has 0 saturated carbocycles. The van der Waals surface area contributed by atoms with Crippen molar-refractivity contribution in [3.8, 4) is 0 Å². The van der Waals surface area contributed by atoms with Gasteiger partial charge in [-0.1, -0.05) is 0 Å². The van der Waals surface area contributed by atoms with Crippen molar-refractivity contribution < 1.29 is 21.7 Å². The molecule has 0 atom stereocenters. The summed E-state index contributed by atoms with van der Waals surface area (Å²) in [6, 6.07) is -0.686. The topological polar surface area (TPSA) is 228 Å². The Bertz CT molecular complexity index is 539. The fourth-order valence-electron chi connectivity index (χ4n) is 1.12. The van der Waals surface area contributed by atoms with Crippen LogP contribution >= 0.6 is 7.36 Å². The van der Waals surface area contributed by atoms with Crippen LogP contribution in [0.5, 0.6) is 0 Å². The van der Waals surface area contributed by atoms with Gasteiger partial charge in [-0.2, -0.15) is 0 Å². The van der Waals surface area contributed by atoms with E-state index in [9.17, 15) is 3.40 Å². The van der Waals surface area contributed by atoms with Gasteiger partial charge in [0, 0.05) is 0 Å². The zero-order chi connectivity index (χ0) is 15.7. The number of rotatable bonds is 7. The van der Waals surface area contributed by atoms with Gasteiger partial charge in [0.15, 0.2) is 0 Å². The summed E-state index contributed by atoms with van der Waals surface area (Å²) in [6.07, 6.45) is 0. The summed E-state index contributed by atoms with van der Waals surface area (Å²) in [5.74, 6) is 0. The second-order valence-corrected chi connectivity index (χ2v) is 6.93. The third-order valence-corrected chi connectivity index (χ3v) is 5.63. The van der Waals surface area contributed by atoms with Crippen molar-refractivity contribution in [2.75, 3.05) is 0 Å². The van der Waals surface area contributed by atoms with Gasteiger partial charge in [0.2, 0.25) is 0 Å². The van der Waals surface area contributed by atoms with Crippen molar-refractivity contribution in [1.29, 1.82) is 0 Å². The predicted molar refractivity (Wildman–Crippen MR) is 63.6 cm³/mol. The van der Waals surface area contributed by atoms with Crippen LogP contribution in [0.1, 0.15) is 13.8 Å². The van der Waals surface area contributed by atoms with Crippen LogP contribution < -0.4 is 0 Å². The minimum absolute atomic E-state index is 0.686. The quantitative estimate of drug-likeness (QED) is 0.167. The third kappa shape index (κ3) is 3.27. The molecule has 0 fully saturated rings. The fraction of sp³-hybridized carbons (Fsp3) is 1.00. The molecular weight excluding hydrogens is 474 g/mol. The van der Waals surface area contributed by atoms with Gasteiger partial charge in [-0.15, -0.1) is 0 Å². The van der Waals surface area contributed by atoms with Gasteiger partial charge >= 0.3 is 119 Å². The Morgan fingerprint density at radius 2 is 1.30 bits per heavy atom. The first-order valence-corrected chi connectivity index (χ1v) is 8.43. The van der Waals surface area contributed by atoms with E-state index in [0.29, 0.717) is 4.78 Å². The van der Waals surface area contributed by atoms with Gasteiger partial charge in [0.25, 0.3) is 0 Å². The second-order valence-electron chi connectivity index (χ2n) is 3.15. The van der Waals surface area contributed by atoms with Gasteiger partial charge in [0.05, 0.1) is 0 Å². The molecule has 0 aromatic rings. The molecule has 17 heteroatoms. The Balaban J connectivity index is 7.09. The van der Waals surface area contributed by atoms with Crippen molar-refractivity contribution in [2.24, 2.45) is 23.1 Å². The van der Waals surface area contributed by atoms with E-state index in [2.05, 4.69) is 42.8 Å². The molecule has 0 aliphatic rings. The van der Waals surface area contributed by atoms with Crippen molar-refractivity contribution >= 4 is 7.36 Å². The molecule has 0 amide bonds. The van der Waals surface area contributed by atoms with Crippen molar-refractivity contribution in [1.82, 2.24) is 4.78 Å². The van der Waals surface area contributed by atoms with Crippen molar-refractivity contribution in [3.05, 3.63) is 41.8 Å². The third-order valence-electron chi connectivity index (χ3n) is 1.72. The molecule has 0 bridgehead atoms. The number of hydrogen-bond donors (Lipinski definition) is 0.